The van der Waals surface area contributed by atoms with Gasteiger partial charge in [0.1, 0.15) is 11.5 Å². The third kappa shape index (κ3) is 3.38. The number of amides is 1. The number of nitrogens with zero attached hydrogens (tertiary/aromatic N) is 4. The third-order valence-corrected chi connectivity index (χ3v) is 4.35. The second-order valence-corrected chi connectivity index (χ2v) is 6.41. The number of carbonyl (C=O) groups excluding carboxylic acids is 1. The van der Waals surface area contributed by atoms with Crippen LogP contribution in [0.5, 0.6) is 0 Å². The molecule has 0 aliphatic heterocycles. The number of nitrogens with one attached hydrogen (secondary N) is 2. The van der Waals surface area contributed by atoms with E-state index >= 15 is 0 Å². The number of pyridine rings is 2. The molecule has 1 amide bonds. The Morgan fingerprint density at radius 3 is 2.75 bits per heavy atom. The van der Waals surface area contributed by atoms with Crippen molar-refractivity contribution in [2.45, 2.75) is 18.9 Å². The van der Waals surface area contributed by atoms with Crippen LogP contribution in [0, 0.1) is 0 Å². The lowest BCUT2D eigenvalue weighted by molar-refractivity contribution is 0.102. The highest BCUT2D eigenvalue weighted by Gasteiger charge is 2.21. The van der Waals surface area contributed by atoms with Crippen LogP contribution in [0.1, 0.15) is 23.2 Å². The van der Waals surface area contributed by atoms with E-state index in [-0.39, 0.29) is 5.91 Å². The predicted octanol–water partition coefficient (Wildman–Crippen LogP) is 2.82. The van der Waals surface area contributed by atoms with Gasteiger partial charge < -0.3 is 5.32 Å². The minimum Gasteiger partial charge on any atom is -0.367 e. The molecule has 1 aliphatic carbocycles. The summed E-state index contributed by atoms with van der Waals surface area (Å²) in [7, 11) is 0. The second kappa shape index (κ2) is 6.32. The topological polar surface area (TPSA) is 92.7 Å². The van der Waals surface area contributed by atoms with Gasteiger partial charge in [-0.15, -0.1) is 10.2 Å². The Bertz CT molecular complexity index is 845. The van der Waals surface area contributed by atoms with E-state index in [2.05, 4.69) is 30.8 Å². The van der Waals surface area contributed by atoms with E-state index in [1.165, 1.54) is 24.2 Å². The molecular weight excluding hydrogens is 324 g/mol. The minimum atomic E-state index is -0.260. The average molecular weight is 338 g/mol. The van der Waals surface area contributed by atoms with Crippen LogP contribution >= 0.6 is 11.3 Å². The molecule has 0 bridgehead atoms. The highest BCUT2D eigenvalue weighted by Crippen LogP contribution is 2.25. The van der Waals surface area contributed by atoms with E-state index in [1.54, 1.807) is 18.5 Å². The first-order chi connectivity index (χ1) is 11.8. The van der Waals surface area contributed by atoms with Gasteiger partial charge in [0.2, 0.25) is 5.13 Å². The van der Waals surface area contributed by atoms with Gasteiger partial charge >= 0.3 is 0 Å². The summed E-state index contributed by atoms with van der Waals surface area (Å²) in [5.41, 5.74) is 1.21. The normalized spacial score (nSPS) is 13.5. The Kier molecular flexibility index (Phi) is 3.87. The number of rotatable bonds is 5. The van der Waals surface area contributed by atoms with Crippen molar-refractivity contribution >= 4 is 28.2 Å². The van der Waals surface area contributed by atoms with Crippen LogP contribution in [0.3, 0.4) is 0 Å². The zero-order chi connectivity index (χ0) is 16.4. The summed E-state index contributed by atoms with van der Waals surface area (Å²) in [4.78, 5) is 20.7. The van der Waals surface area contributed by atoms with Crippen LogP contribution in [0.15, 0.2) is 42.7 Å². The third-order valence-electron chi connectivity index (χ3n) is 3.48. The maximum absolute atomic E-state index is 12.3. The highest BCUT2D eigenvalue weighted by atomic mass is 32.1. The van der Waals surface area contributed by atoms with Gasteiger partial charge in [0, 0.05) is 18.4 Å². The Morgan fingerprint density at radius 1 is 1.12 bits per heavy atom. The summed E-state index contributed by atoms with van der Waals surface area (Å²) in [5, 5.41) is 15.2. The Labute approximate surface area is 142 Å². The van der Waals surface area contributed by atoms with Crippen molar-refractivity contribution in [3.63, 3.8) is 0 Å². The molecule has 4 rings (SSSR count). The van der Waals surface area contributed by atoms with Gasteiger partial charge in [-0.3, -0.25) is 15.1 Å². The Balaban J connectivity index is 1.43. The lowest BCUT2D eigenvalue weighted by Gasteiger charge is -2.04. The number of anilines is 2. The summed E-state index contributed by atoms with van der Waals surface area (Å²) >= 11 is 1.28. The fourth-order valence-corrected chi connectivity index (χ4v) is 2.80. The maximum Gasteiger partial charge on any atom is 0.259 e. The van der Waals surface area contributed by atoms with E-state index in [4.69, 9.17) is 0 Å². The van der Waals surface area contributed by atoms with Crippen LogP contribution in [0.2, 0.25) is 0 Å². The van der Waals surface area contributed by atoms with Crippen LogP contribution in [-0.4, -0.2) is 32.1 Å². The van der Waals surface area contributed by atoms with Gasteiger partial charge in [0.15, 0.2) is 5.01 Å². The predicted molar refractivity (Wildman–Crippen MR) is 92.0 cm³/mol. The minimum absolute atomic E-state index is 0.260. The summed E-state index contributed by atoms with van der Waals surface area (Å²) in [6.07, 6.45) is 5.61. The zero-order valence-corrected chi connectivity index (χ0v) is 13.5. The van der Waals surface area contributed by atoms with Crippen molar-refractivity contribution < 1.29 is 4.79 Å². The summed E-state index contributed by atoms with van der Waals surface area (Å²) < 4.78 is 0. The molecule has 1 saturated carbocycles. The van der Waals surface area contributed by atoms with Crippen molar-refractivity contribution in [1.82, 2.24) is 20.2 Å². The molecule has 0 aromatic carbocycles. The van der Waals surface area contributed by atoms with E-state index in [0.717, 1.165) is 11.5 Å². The number of hydrogen-bond acceptors (Lipinski definition) is 7. The summed E-state index contributed by atoms with van der Waals surface area (Å²) in [6, 6.07) is 9.65. The van der Waals surface area contributed by atoms with Gasteiger partial charge in [0.25, 0.3) is 5.91 Å². The first kappa shape index (κ1) is 14.7. The van der Waals surface area contributed by atoms with Gasteiger partial charge in [-0.05, 0) is 37.1 Å². The van der Waals surface area contributed by atoms with Crippen molar-refractivity contribution in [2.24, 2.45) is 0 Å². The smallest absolute Gasteiger partial charge is 0.259 e. The number of hydrogen-bond donors (Lipinski definition) is 2. The van der Waals surface area contributed by atoms with Gasteiger partial charge in [-0.2, -0.15) is 0 Å². The van der Waals surface area contributed by atoms with Gasteiger partial charge in [-0.25, -0.2) is 4.98 Å². The molecule has 0 radical (unpaired) electrons. The molecule has 3 heterocycles. The molecule has 3 aromatic rings. The fraction of sp³-hybridized carbons (Fsp3) is 0.188. The fourth-order valence-electron chi connectivity index (χ4n) is 2.09. The van der Waals surface area contributed by atoms with Crippen LogP contribution in [0.25, 0.3) is 10.7 Å². The van der Waals surface area contributed by atoms with E-state index in [1.807, 2.05) is 24.3 Å². The van der Waals surface area contributed by atoms with Crippen LogP contribution in [0.4, 0.5) is 10.9 Å². The maximum atomic E-state index is 12.3. The molecule has 7 nitrogen and oxygen atoms in total. The lowest BCUT2D eigenvalue weighted by Crippen LogP contribution is -2.12. The lowest BCUT2D eigenvalue weighted by atomic mass is 10.2. The zero-order valence-electron chi connectivity index (χ0n) is 12.6. The molecule has 0 saturated heterocycles. The molecule has 0 spiro atoms. The van der Waals surface area contributed by atoms with Crippen molar-refractivity contribution in [2.75, 3.05) is 10.6 Å². The molecule has 1 fully saturated rings. The second-order valence-electron chi connectivity index (χ2n) is 5.43. The SMILES string of the molecule is O=C(Nc1nnc(-c2ccccn2)s1)c1ccc(NC2CC2)nc1. The van der Waals surface area contributed by atoms with Gasteiger partial charge in [0.05, 0.1) is 5.56 Å². The first-order valence-corrected chi connectivity index (χ1v) is 8.38. The Morgan fingerprint density at radius 2 is 2.04 bits per heavy atom. The largest absolute Gasteiger partial charge is 0.367 e. The molecule has 8 heteroatoms. The number of carbonyl (C=O) groups is 1. The molecular formula is C16H14N6OS. The molecule has 1 aliphatic rings. The van der Waals surface area contributed by atoms with Crippen LogP contribution in [-0.2, 0) is 0 Å². The first-order valence-electron chi connectivity index (χ1n) is 7.57. The molecule has 0 unspecified atom stereocenters. The van der Waals surface area contributed by atoms with Crippen molar-refractivity contribution in [3.05, 3.63) is 48.3 Å². The Hall–Kier alpha value is -2.87. The molecule has 2 N–H and O–H groups in total. The average Bonchev–Trinajstić information content (AvgIpc) is 3.31. The van der Waals surface area contributed by atoms with Crippen molar-refractivity contribution in [1.29, 1.82) is 0 Å². The van der Waals surface area contributed by atoms with Gasteiger partial charge in [-0.1, -0.05) is 17.4 Å². The quantitative estimate of drug-likeness (QED) is 0.743. The number of aromatic nitrogens is 4. The molecule has 24 heavy (non-hydrogen) atoms. The van der Waals surface area contributed by atoms with Crippen LogP contribution < -0.4 is 10.6 Å². The molecule has 0 atom stereocenters. The van der Waals surface area contributed by atoms with E-state index in [9.17, 15) is 4.79 Å². The van der Waals surface area contributed by atoms with E-state index < -0.39 is 0 Å². The summed E-state index contributed by atoms with van der Waals surface area (Å²) in [6.45, 7) is 0. The monoisotopic (exact) mass is 338 g/mol. The highest BCUT2D eigenvalue weighted by molar-refractivity contribution is 7.18. The summed E-state index contributed by atoms with van der Waals surface area (Å²) in [5.74, 6) is 0.534. The van der Waals surface area contributed by atoms with E-state index in [0.29, 0.717) is 21.7 Å². The van der Waals surface area contributed by atoms with Crippen molar-refractivity contribution in [3.8, 4) is 10.7 Å². The molecule has 3 aromatic heterocycles. The standard InChI is InChI=1S/C16H14N6OS/c23-14(10-4-7-13(18-9-10)19-11-5-6-11)20-16-22-21-15(24-16)12-3-1-2-8-17-12/h1-4,7-9,11H,5-6H2,(H,18,19)(H,20,22,23). The molecule has 120 valence electrons.